The number of hydrogen-bond donors (Lipinski definition) is 2. The second kappa shape index (κ2) is 5.93. The van der Waals surface area contributed by atoms with Gasteiger partial charge in [-0.25, -0.2) is 9.97 Å². The molecule has 1 atom stereocenters. The summed E-state index contributed by atoms with van der Waals surface area (Å²) in [7, 11) is 0. The fraction of sp³-hybridized carbons (Fsp3) is 0.250. The van der Waals surface area contributed by atoms with Gasteiger partial charge in [0.15, 0.2) is 0 Å². The van der Waals surface area contributed by atoms with Gasteiger partial charge in [-0.15, -0.1) is 0 Å². The van der Waals surface area contributed by atoms with Crippen molar-refractivity contribution in [3.8, 4) is 11.3 Å². The Morgan fingerprint density at radius 1 is 1.24 bits per heavy atom. The minimum Gasteiger partial charge on any atom is -0.438 e. The molecular formula is C16H17N3O2. The summed E-state index contributed by atoms with van der Waals surface area (Å²) in [5.74, 6) is 1.50. The van der Waals surface area contributed by atoms with Crippen LogP contribution in [0.4, 0.5) is 5.82 Å². The number of fused-ring (bicyclic) bond motifs is 1. The molecule has 1 aromatic carbocycles. The van der Waals surface area contributed by atoms with Gasteiger partial charge >= 0.3 is 0 Å². The van der Waals surface area contributed by atoms with Gasteiger partial charge in [-0.1, -0.05) is 30.3 Å². The van der Waals surface area contributed by atoms with Crippen LogP contribution in [0.5, 0.6) is 0 Å². The summed E-state index contributed by atoms with van der Waals surface area (Å²) in [6.45, 7) is 2.41. The summed E-state index contributed by atoms with van der Waals surface area (Å²) in [6.07, 6.45) is 1.80. The van der Waals surface area contributed by atoms with E-state index >= 15 is 0 Å². The van der Waals surface area contributed by atoms with E-state index in [0.717, 1.165) is 22.5 Å². The molecule has 0 saturated carbocycles. The van der Waals surface area contributed by atoms with Crippen LogP contribution in [-0.2, 0) is 0 Å². The van der Waals surface area contributed by atoms with E-state index in [9.17, 15) is 5.11 Å². The lowest BCUT2D eigenvalue weighted by Gasteiger charge is -2.06. The number of benzene rings is 1. The summed E-state index contributed by atoms with van der Waals surface area (Å²) in [4.78, 5) is 8.41. The molecule has 2 N–H and O–H groups in total. The Morgan fingerprint density at radius 2 is 2.05 bits per heavy atom. The Balaban J connectivity index is 1.90. The summed E-state index contributed by atoms with van der Waals surface area (Å²) in [5, 5.41) is 13.4. The zero-order valence-electron chi connectivity index (χ0n) is 11.8. The van der Waals surface area contributed by atoms with Crippen molar-refractivity contribution >= 4 is 16.9 Å². The first-order valence-corrected chi connectivity index (χ1v) is 6.96. The maximum absolute atomic E-state index is 9.31. The molecule has 5 nitrogen and oxygen atoms in total. The summed E-state index contributed by atoms with van der Waals surface area (Å²) >= 11 is 0. The van der Waals surface area contributed by atoms with Crippen molar-refractivity contribution in [2.75, 3.05) is 11.9 Å². The lowest BCUT2D eigenvalue weighted by atomic mass is 10.2. The molecule has 1 unspecified atom stereocenters. The van der Waals surface area contributed by atoms with E-state index in [0.29, 0.717) is 18.7 Å². The van der Waals surface area contributed by atoms with E-state index in [1.54, 1.807) is 6.92 Å². The fourth-order valence-electron chi connectivity index (χ4n) is 2.14. The van der Waals surface area contributed by atoms with Gasteiger partial charge in [0.05, 0.1) is 11.5 Å². The smallest absolute Gasteiger partial charge is 0.231 e. The van der Waals surface area contributed by atoms with Crippen LogP contribution in [0.3, 0.4) is 0 Å². The van der Waals surface area contributed by atoms with Crippen LogP contribution in [0.1, 0.15) is 13.3 Å². The molecule has 0 aliphatic heterocycles. The van der Waals surface area contributed by atoms with Crippen molar-refractivity contribution in [1.29, 1.82) is 0 Å². The number of aliphatic hydroxyl groups excluding tert-OH is 1. The topological polar surface area (TPSA) is 71.2 Å². The van der Waals surface area contributed by atoms with Crippen molar-refractivity contribution in [1.82, 2.24) is 9.97 Å². The Bertz CT molecular complexity index is 723. The van der Waals surface area contributed by atoms with Crippen molar-refractivity contribution in [3.05, 3.63) is 42.7 Å². The van der Waals surface area contributed by atoms with Gasteiger partial charge in [-0.05, 0) is 19.4 Å². The van der Waals surface area contributed by atoms with Gasteiger partial charge in [-0.2, -0.15) is 0 Å². The zero-order chi connectivity index (χ0) is 14.7. The van der Waals surface area contributed by atoms with E-state index < -0.39 is 0 Å². The predicted octanol–water partition coefficient (Wildman–Crippen LogP) is 3.07. The van der Waals surface area contributed by atoms with Crippen LogP contribution < -0.4 is 5.32 Å². The SMILES string of the molecule is CC(O)CCNc1ncnc2oc(-c3ccccc3)cc12. The second-order valence-corrected chi connectivity index (χ2v) is 4.98. The number of rotatable bonds is 5. The third-order valence-electron chi connectivity index (χ3n) is 3.24. The van der Waals surface area contributed by atoms with E-state index in [1.165, 1.54) is 6.33 Å². The molecule has 0 fully saturated rings. The molecule has 0 aliphatic carbocycles. The zero-order valence-corrected chi connectivity index (χ0v) is 11.8. The molecule has 21 heavy (non-hydrogen) atoms. The van der Waals surface area contributed by atoms with Crippen LogP contribution >= 0.6 is 0 Å². The Morgan fingerprint density at radius 3 is 2.81 bits per heavy atom. The fourth-order valence-corrected chi connectivity index (χ4v) is 2.14. The quantitative estimate of drug-likeness (QED) is 0.753. The lowest BCUT2D eigenvalue weighted by molar-refractivity contribution is 0.188. The highest BCUT2D eigenvalue weighted by molar-refractivity contribution is 5.89. The molecule has 0 amide bonds. The number of aliphatic hydroxyl groups is 1. The van der Waals surface area contributed by atoms with Gasteiger partial charge < -0.3 is 14.8 Å². The van der Waals surface area contributed by atoms with E-state index in [2.05, 4.69) is 15.3 Å². The van der Waals surface area contributed by atoms with Crippen molar-refractivity contribution in [3.63, 3.8) is 0 Å². The van der Waals surface area contributed by atoms with Crippen molar-refractivity contribution < 1.29 is 9.52 Å². The molecule has 0 spiro atoms. The normalized spacial score (nSPS) is 12.5. The van der Waals surface area contributed by atoms with Crippen LogP contribution in [0.2, 0.25) is 0 Å². The second-order valence-electron chi connectivity index (χ2n) is 4.98. The monoisotopic (exact) mass is 283 g/mol. The molecule has 5 heteroatoms. The van der Waals surface area contributed by atoms with Crippen LogP contribution in [0.15, 0.2) is 47.1 Å². The lowest BCUT2D eigenvalue weighted by Crippen LogP contribution is -2.10. The van der Waals surface area contributed by atoms with E-state index in [4.69, 9.17) is 4.42 Å². The van der Waals surface area contributed by atoms with Crippen LogP contribution in [0.25, 0.3) is 22.4 Å². The molecule has 108 valence electrons. The maximum Gasteiger partial charge on any atom is 0.231 e. The highest BCUT2D eigenvalue weighted by Gasteiger charge is 2.11. The van der Waals surface area contributed by atoms with Crippen molar-refractivity contribution in [2.24, 2.45) is 0 Å². The van der Waals surface area contributed by atoms with Gasteiger partial charge in [-0.3, -0.25) is 0 Å². The van der Waals surface area contributed by atoms with E-state index in [-0.39, 0.29) is 6.10 Å². The molecule has 3 rings (SSSR count). The molecule has 2 aromatic heterocycles. The summed E-state index contributed by atoms with van der Waals surface area (Å²) < 4.78 is 5.78. The van der Waals surface area contributed by atoms with Gasteiger partial charge in [0, 0.05) is 12.1 Å². The van der Waals surface area contributed by atoms with Gasteiger partial charge in [0.2, 0.25) is 5.71 Å². The molecule has 0 radical (unpaired) electrons. The number of aromatic nitrogens is 2. The van der Waals surface area contributed by atoms with Gasteiger partial charge in [0.25, 0.3) is 0 Å². The Kier molecular flexibility index (Phi) is 3.83. The maximum atomic E-state index is 9.31. The minimum absolute atomic E-state index is 0.334. The summed E-state index contributed by atoms with van der Waals surface area (Å²) in [6, 6.07) is 11.8. The molecule has 0 bridgehead atoms. The first-order valence-electron chi connectivity index (χ1n) is 6.96. The molecule has 3 aromatic rings. The Hall–Kier alpha value is -2.40. The molecule has 2 heterocycles. The van der Waals surface area contributed by atoms with Crippen LogP contribution in [0, 0.1) is 0 Å². The van der Waals surface area contributed by atoms with E-state index in [1.807, 2.05) is 36.4 Å². The minimum atomic E-state index is -0.334. The van der Waals surface area contributed by atoms with Crippen molar-refractivity contribution in [2.45, 2.75) is 19.4 Å². The highest BCUT2D eigenvalue weighted by Crippen LogP contribution is 2.29. The number of nitrogens with one attached hydrogen (secondary N) is 1. The largest absolute Gasteiger partial charge is 0.438 e. The average Bonchev–Trinajstić information content (AvgIpc) is 2.93. The van der Waals surface area contributed by atoms with Gasteiger partial charge in [0.1, 0.15) is 17.9 Å². The van der Waals surface area contributed by atoms with Crippen LogP contribution in [-0.4, -0.2) is 27.7 Å². The first kappa shape index (κ1) is 13.6. The summed E-state index contributed by atoms with van der Waals surface area (Å²) in [5.41, 5.74) is 1.56. The average molecular weight is 283 g/mol. The highest BCUT2D eigenvalue weighted by atomic mass is 16.3. The number of furan rings is 1. The first-order chi connectivity index (χ1) is 10.2. The predicted molar refractivity (Wildman–Crippen MR) is 82.0 cm³/mol. The molecule has 0 aliphatic rings. The standard InChI is InChI=1S/C16H17N3O2/c1-11(20)7-8-17-15-13-9-14(12-5-3-2-4-6-12)21-16(13)19-10-18-15/h2-6,9-11,20H,7-8H2,1H3,(H,17,18,19). The third-order valence-corrected chi connectivity index (χ3v) is 3.24. The number of hydrogen-bond acceptors (Lipinski definition) is 5. The number of nitrogens with zero attached hydrogens (tertiary/aromatic N) is 2. The Labute approximate surface area is 122 Å². The number of anilines is 1. The molecule has 0 saturated heterocycles. The third kappa shape index (κ3) is 3.03. The molecular weight excluding hydrogens is 266 g/mol.